The summed E-state index contributed by atoms with van der Waals surface area (Å²) in [5.74, 6) is 1.62. The van der Waals surface area contributed by atoms with Gasteiger partial charge in [-0.25, -0.2) is 4.98 Å². The molecule has 1 aromatic carbocycles. The van der Waals surface area contributed by atoms with E-state index in [0.29, 0.717) is 18.0 Å². The van der Waals surface area contributed by atoms with Gasteiger partial charge in [0.05, 0.1) is 5.69 Å². The number of likely N-dealkylation sites (tertiary alicyclic amines) is 1. The van der Waals surface area contributed by atoms with E-state index in [9.17, 15) is 9.90 Å². The monoisotopic (exact) mass is 373 g/mol. The topological polar surface area (TPSA) is 65.5 Å². The third-order valence-electron chi connectivity index (χ3n) is 4.74. The standard InChI is InChI=1S/C20H27N3O2S/c1-14-9-15(2)11-23(10-14)12-17-13-26-20(21-17)22-19(25)8-7-16-5-3-4-6-18(16)24/h3-6,13-15,24H,7-12H2,1-2H3,(H,21,22,25). The van der Waals surface area contributed by atoms with Gasteiger partial charge >= 0.3 is 0 Å². The van der Waals surface area contributed by atoms with Crippen LogP contribution in [0.5, 0.6) is 5.75 Å². The van der Waals surface area contributed by atoms with Gasteiger partial charge in [-0.05, 0) is 36.3 Å². The lowest BCUT2D eigenvalue weighted by atomic mass is 9.92. The molecule has 6 heteroatoms. The van der Waals surface area contributed by atoms with Crippen LogP contribution in [0.2, 0.25) is 0 Å². The summed E-state index contributed by atoms with van der Waals surface area (Å²) in [4.78, 5) is 19.2. The van der Waals surface area contributed by atoms with Crippen molar-refractivity contribution in [3.8, 4) is 5.75 Å². The van der Waals surface area contributed by atoms with Gasteiger partial charge in [-0.2, -0.15) is 0 Å². The summed E-state index contributed by atoms with van der Waals surface area (Å²) < 4.78 is 0. The summed E-state index contributed by atoms with van der Waals surface area (Å²) in [5, 5.41) is 15.3. The number of hydrogen-bond donors (Lipinski definition) is 2. The first-order chi connectivity index (χ1) is 12.5. The maximum absolute atomic E-state index is 12.1. The summed E-state index contributed by atoms with van der Waals surface area (Å²) in [6.45, 7) is 7.69. The van der Waals surface area contributed by atoms with Crippen molar-refractivity contribution in [1.82, 2.24) is 9.88 Å². The van der Waals surface area contributed by atoms with Gasteiger partial charge in [0.15, 0.2) is 5.13 Å². The molecule has 0 saturated carbocycles. The van der Waals surface area contributed by atoms with Crippen molar-refractivity contribution >= 4 is 22.4 Å². The third-order valence-corrected chi connectivity index (χ3v) is 5.55. The molecule has 1 aliphatic rings. The zero-order chi connectivity index (χ0) is 18.5. The second-order valence-corrected chi connectivity index (χ2v) is 8.32. The predicted molar refractivity (Wildman–Crippen MR) is 105 cm³/mol. The van der Waals surface area contributed by atoms with Crippen LogP contribution in [0.1, 0.15) is 37.9 Å². The number of benzene rings is 1. The molecule has 2 unspecified atom stereocenters. The van der Waals surface area contributed by atoms with Crippen LogP contribution in [0.15, 0.2) is 29.6 Å². The van der Waals surface area contributed by atoms with E-state index in [2.05, 4.69) is 29.0 Å². The van der Waals surface area contributed by atoms with Gasteiger partial charge in [0.1, 0.15) is 5.75 Å². The Kier molecular flexibility index (Phi) is 6.27. The van der Waals surface area contributed by atoms with Gasteiger partial charge in [0.25, 0.3) is 0 Å². The quantitative estimate of drug-likeness (QED) is 0.806. The van der Waals surface area contributed by atoms with Crippen LogP contribution >= 0.6 is 11.3 Å². The molecule has 0 aliphatic carbocycles. The Hall–Kier alpha value is -1.92. The highest BCUT2D eigenvalue weighted by Crippen LogP contribution is 2.24. The molecule has 0 spiro atoms. The molecule has 26 heavy (non-hydrogen) atoms. The largest absolute Gasteiger partial charge is 0.508 e. The molecular formula is C20H27N3O2S. The lowest BCUT2D eigenvalue weighted by molar-refractivity contribution is -0.116. The smallest absolute Gasteiger partial charge is 0.226 e. The Labute approximate surface area is 159 Å². The molecule has 1 aliphatic heterocycles. The molecule has 1 fully saturated rings. The number of para-hydroxylation sites is 1. The molecule has 1 saturated heterocycles. The number of piperidine rings is 1. The van der Waals surface area contributed by atoms with Gasteiger partial charge in [-0.1, -0.05) is 32.0 Å². The van der Waals surface area contributed by atoms with Gasteiger partial charge in [0.2, 0.25) is 5.91 Å². The minimum atomic E-state index is -0.0747. The zero-order valence-electron chi connectivity index (χ0n) is 15.4. The van der Waals surface area contributed by atoms with Crippen LogP contribution in [0.25, 0.3) is 0 Å². The predicted octanol–water partition coefficient (Wildman–Crippen LogP) is 3.90. The number of nitrogens with one attached hydrogen (secondary N) is 1. The summed E-state index contributed by atoms with van der Waals surface area (Å²) in [6, 6.07) is 7.12. The number of hydrogen-bond acceptors (Lipinski definition) is 5. The molecule has 140 valence electrons. The fraction of sp³-hybridized carbons (Fsp3) is 0.500. The highest BCUT2D eigenvalue weighted by atomic mass is 32.1. The number of carbonyl (C=O) groups is 1. The summed E-state index contributed by atoms with van der Waals surface area (Å²) in [6.07, 6.45) is 2.14. The number of nitrogens with zero attached hydrogens (tertiary/aromatic N) is 2. The molecule has 2 heterocycles. The molecule has 1 amide bonds. The SMILES string of the molecule is CC1CC(C)CN(Cc2csc(NC(=O)CCc3ccccc3O)n2)C1. The van der Waals surface area contributed by atoms with Crippen molar-refractivity contribution < 1.29 is 9.90 Å². The summed E-state index contributed by atoms with van der Waals surface area (Å²) >= 11 is 1.47. The fourth-order valence-corrected chi connectivity index (χ4v) is 4.46. The van der Waals surface area contributed by atoms with Crippen molar-refractivity contribution in [3.05, 3.63) is 40.9 Å². The number of thiazole rings is 1. The van der Waals surface area contributed by atoms with Gasteiger partial charge in [-0.15, -0.1) is 11.3 Å². The van der Waals surface area contributed by atoms with Crippen molar-refractivity contribution in [3.63, 3.8) is 0 Å². The minimum absolute atomic E-state index is 0.0747. The second-order valence-electron chi connectivity index (χ2n) is 7.46. The highest BCUT2D eigenvalue weighted by Gasteiger charge is 2.22. The van der Waals surface area contributed by atoms with E-state index >= 15 is 0 Å². The van der Waals surface area contributed by atoms with E-state index in [-0.39, 0.29) is 11.7 Å². The Balaban J connectivity index is 1.48. The van der Waals surface area contributed by atoms with E-state index in [1.165, 1.54) is 17.8 Å². The Bertz CT molecular complexity index is 736. The van der Waals surface area contributed by atoms with E-state index < -0.39 is 0 Å². The zero-order valence-corrected chi connectivity index (χ0v) is 16.3. The molecular weight excluding hydrogens is 346 g/mol. The average Bonchev–Trinajstić information content (AvgIpc) is 3.00. The van der Waals surface area contributed by atoms with E-state index in [4.69, 9.17) is 0 Å². The van der Waals surface area contributed by atoms with Crippen molar-refractivity contribution in [2.45, 2.75) is 39.7 Å². The van der Waals surface area contributed by atoms with E-state index in [1.807, 2.05) is 17.5 Å². The Morgan fingerprint density at radius 2 is 2.04 bits per heavy atom. The molecule has 2 atom stereocenters. The Morgan fingerprint density at radius 1 is 1.31 bits per heavy atom. The number of aromatic nitrogens is 1. The van der Waals surface area contributed by atoms with Crippen molar-refractivity contribution in [1.29, 1.82) is 0 Å². The minimum Gasteiger partial charge on any atom is -0.508 e. The molecule has 2 N–H and O–H groups in total. The number of rotatable bonds is 6. The number of amides is 1. The number of carbonyl (C=O) groups excluding carboxylic acids is 1. The van der Waals surface area contributed by atoms with Crippen molar-refractivity contribution in [2.24, 2.45) is 11.8 Å². The van der Waals surface area contributed by atoms with E-state index in [1.54, 1.807) is 12.1 Å². The number of anilines is 1. The summed E-state index contributed by atoms with van der Waals surface area (Å²) in [7, 11) is 0. The molecule has 5 nitrogen and oxygen atoms in total. The Morgan fingerprint density at radius 3 is 2.77 bits per heavy atom. The van der Waals surface area contributed by atoms with Crippen molar-refractivity contribution in [2.75, 3.05) is 18.4 Å². The molecule has 1 aromatic heterocycles. The van der Waals surface area contributed by atoms with Crippen LogP contribution in [0.3, 0.4) is 0 Å². The lowest BCUT2D eigenvalue weighted by Gasteiger charge is -2.34. The molecule has 0 radical (unpaired) electrons. The van der Waals surface area contributed by atoms with Crippen LogP contribution < -0.4 is 5.32 Å². The maximum atomic E-state index is 12.1. The van der Waals surface area contributed by atoms with Crippen LogP contribution in [0, 0.1) is 11.8 Å². The van der Waals surface area contributed by atoms with Crippen LogP contribution in [-0.4, -0.2) is 34.0 Å². The van der Waals surface area contributed by atoms with Gasteiger partial charge < -0.3 is 10.4 Å². The second kappa shape index (κ2) is 8.64. The number of phenolic OH excluding ortho intramolecular Hbond substituents is 1. The first kappa shape index (κ1) is 18.9. The van der Waals surface area contributed by atoms with E-state index in [0.717, 1.165) is 42.7 Å². The average molecular weight is 374 g/mol. The normalized spacial score (nSPS) is 20.8. The van der Waals surface area contributed by atoms with Gasteiger partial charge in [-0.3, -0.25) is 9.69 Å². The number of phenols is 1. The maximum Gasteiger partial charge on any atom is 0.226 e. The highest BCUT2D eigenvalue weighted by molar-refractivity contribution is 7.13. The summed E-state index contributed by atoms with van der Waals surface area (Å²) in [5.41, 5.74) is 1.81. The van der Waals surface area contributed by atoms with Gasteiger partial charge in [0, 0.05) is 31.4 Å². The number of aromatic hydroxyl groups is 1. The first-order valence-corrected chi connectivity index (χ1v) is 10.1. The number of aryl methyl sites for hydroxylation is 1. The van der Waals surface area contributed by atoms with Crippen LogP contribution in [-0.2, 0) is 17.8 Å². The first-order valence-electron chi connectivity index (χ1n) is 9.23. The fourth-order valence-electron chi connectivity index (χ4n) is 3.74. The molecule has 0 bridgehead atoms. The lowest BCUT2D eigenvalue weighted by Crippen LogP contribution is -2.38. The van der Waals surface area contributed by atoms with Crippen LogP contribution in [0.4, 0.5) is 5.13 Å². The molecule has 3 rings (SSSR count). The molecule has 2 aromatic rings. The third kappa shape index (κ3) is 5.29.